The molecule has 0 amide bonds. The molecule has 1 aliphatic heterocycles. The molecular weight excluding hydrogens is 370 g/mol. The topological polar surface area (TPSA) is 108 Å². The number of sulfone groups is 1. The van der Waals surface area contributed by atoms with Crippen molar-refractivity contribution in [1.82, 2.24) is 15.3 Å². The van der Waals surface area contributed by atoms with Crippen LogP contribution in [0.3, 0.4) is 0 Å². The third-order valence-corrected chi connectivity index (χ3v) is 7.65. The molecule has 1 saturated heterocycles. The number of nitrogens with zero attached hydrogens (tertiary/aromatic N) is 3. The molecule has 27 heavy (non-hydrogen) atoms. The highest BCUT2D eigenvalue weighted by molar-refractivity contribution is 7.92. The van der Waals surface area contributed by atoms with Gasteiger partial charge in [0.25, 0.3) is 0 Å². The molecule has 1 fully saturated rings. The molecule has 0 N–H and O–H groups in total. The van der Waals surface area contributed by atoms with E-state index in [2.05, 4.69) is 15.3 Å². The molecule has 0 bridgehead atoms. The lowest BCUT2D eigenvalue weighted by Crippen LogP contribution is -2.35. The van der Waals surface area contributed by atoms with Gasteiger partial charge in [0.2, 0.25) is 17.5 Å². The minimum absolute atomic E-state index is 0.0540. The zero-order chi connectivity index (χ0) is 19.9. The van der Waals surface area contributed by atoms with E-state index in [4.69, 9.17) is 13.8 Å². The Morgan fingerprint density at radius 3 is 2.33 bits per heavy atom. The zero-order valence-corrected chi connectivity index (χ0v) is 17.3. The Hall–Kier alpha value is -1.74. The van der Waals surface area contributed by atoms with E-state index in [0.29, 0.717) is 19.0 Å². The van der Waals surface area contributed by atoms with Gasteiger partial charge < -0.3 is 13.8 Å². The van der Waals surface area contributed by atoms with Gasteiger partial charge >= 0.3 is 0 Å². The van der Waals surface area contributed by atoms with E-state index in [0.717, 1.165) is 18.5 Å². The largest absolute Gasteiger partial charge is 0.381 e. The molecule has 0 aliphatic carbocycles. The Balaban J connectivity index is 1.82. The second-order valence-corrected chi connectivity index (χ2v) is 11.2. The first-order chi connectivity index (χ1) is 12.5. The molecule has 0 radical (unpaired) electrons. The molecule has 3 heterocycles. The quantitative estimate of drug-likeness (QED) is 0.757. The lowest BCUT2D eigenvalue weighted by Gasteiger charge is -2.26. The van der Waals surface area contributed by atoms with Gasteiger partial charge in [0.15, 0.2) is 9.84 Å². The third-order valence-electron chi connectivity index (χ3n) is 5.01. The first-order valence-electron chi connectivity index (χ1n) is 9.12. The first-order valence-corrected chi connectivity index (χ1v) is 10.8. The van der Waals surface area contributed by atoms with Crippen LogP contribution in [0.1, 0.15) is 59.0 Å². The number of ether oxygens (including phenoxy) is 1. The molecule has 0 spiro atoms. The van der Waals surface area contributed by atoms with Crippen molar-refractivity contribution >= 4 is 9.84 Å². The normalized spacial score (nSPS) is 17.4. The standard InChI is InChI=1S/C18H27N3O5S/c1-17(2,3)14-10-13(25-20-14)15-19-16(26-21-15)18(4,5)27(22,23)11-12-6-8-24-9-7-12/h10,12H,6-9,11H2,1-5H3. The van der Waals surface area contributed by atoms with Gasteiger partial charge in [-0.15, -0.1) is 0 Å². The van der Waals surface area contributed by atoms with Crippen LogP contribution >= 0.6 is 0 Å². The van der Waals surface area contributed by atoms with Crippen molar-refractivity contribution in [2.24, 2.45) is 5.92 Å². The van der Waals surface area contributed by atoms with E-state index in [1.165, 1.54) is 0 Å². The molecule has 0 atom stereocenters. The number of aromatic nitrogens is 3. The van der Waals surface area contributed by atoms with E-state index in [1.54, 1.807) is 19.9 Å². The highest BCUT2D eigenvalue weighted by Gasteiger charge is 2.43. The Kier molecular flexibility index (Phi) is 5.20. The van der Waals surface area contributed by atoms with Crippen LogP contribution in [-0.4, -0.2) is 42.7 Å². The average molecular weight is 397 g/mol. The van der Waals surface area contributed by atoms with Gasteiger partial charge in [-0.1, -0.05) is 31.1 Å². The van der Waals surface area contributed by atoms with Gasteiger partial charge in [0.1, 0.15) is 4.75 Å². The number of hydrogen-bond donors (Lipinski definition) is 0. The molecule has 150 valence electrons. The summed E-state index contributed by atoms with van der Waals surface area (Å²) in [6, 6.07) is 1.75. The van der Waals surface area contributed by atoms with Crippen LogP contribution in [0.25, 0.3) is 11.6 Å². The van der Waals surface area contributed by atoms with Gasteiger partial charge in [0.05, 0.1) is 11.4 Å². The maximum Gasteiger partial charge on any atom is 0.247 e. The summed E-state index contributed by atoms with van der Waals surface area (Å²) in [6.07, 6.45) is 1.50. The van der Waals surface area contributed by atoms with Crippen LogP contribution in [0.15, 0.2) is 15.1 Å². The summed E-state index contributed by atoms with van der Waals surface area (Å²) in [5, 5.41) is 7.94. The molecule has 0 aromatic carbocycles. The van der Waals surface area contributed by atoms with Gasteiger partial charge in [0, 0.05) is 24.7 Å². The molecule has 2 aromatic heterocycles. The summed E-state index contributed by atoms with van der Waals surface area (Å²) in [7, 11) is -3.50. The molecule has 2 aromatic rings. The van der Waals surface area contributed by atoms with Crippen LogP contribution in [-0.2, 0) is 24.7 Å². The molecule has 1 aliphatic rings. The molecule has 0 unspecified atom stereocenters. The van der Waals surface area contributed by atoms with E-state index < -0.39 is 14.6 Å². The van der Waals surface area contributed by atoms with Crippen LogP contribution in [0.5, 0.6) is 0 Å². The predicted octanol–water partition coefficient (Wildman–Crippen LogP) is 3.10. The van der Waals surface area contributed by atoms with Gasteiger partial charge in [-0.2, -0.15) is 4.98 Å². The summed E-state index contributed by atoms with van der Waals surface area (Å²) in [5.74, 6) is 0.777. The molecule has 9 heteroatoms. The summed E-state index contributed by atoms with van der Waals surface area (Å²) in [6.45, 7) is 10.5. The highest BCUT2D eigenvalue weighted by Crippen LogP contribution is 2.33. The van der Waals surface area contributed by atoms with E-state index >= 15 is 0 Å². The van der Waals surface area contributed by atoms with Crippen molar-refractivity contribution in [2.45, 2.75) is 57.6 Å². The van der Waals surface area contributed by atoms with Gasteiger partial charge in [-0.25, -0.2) is 8.42 Å². The van der Waals surface area contributed by atoms with Crippen molar-refractivity contribution in [3.8, 4) is 11.6 Å². The van der Waals surface area contributed by atoms with Crippen molar-refractivity contribution in [2.75, 3.05) is 19.0 Å². The van der Waals surface area contributed by atoms with Crippen molar-refractivity contribution in [1.29, 1.82) is 0 Å². The average Bonchev–Trinajstić information content (AvgIpc) is 3.24. The van der Waals surface area contributed by atoms with Gasteiger partial charge in [-0.3, -0.25) is 0 Å². The Morgan fingerprint density at radius 2 is 1.74 bits per heavy atom. The lowest BCUT2D eigenvalue weighted by molar-refractivity contribution is 0.0722. The molecule has 3 rings (SSSR count). The smallest absolute Gasteiger partial charge is 0.247 e. The molecule has 8 nitrogen and oxygen atoms in total. The van der Waals surface area contributed by atoms with E-state index in [1.807, 2.05) is 20.8 Å². The van der Waals surface area contributed by atoms with Crippen molar-refractivity contribution in [3.05, 3.63) is 17.7 Å². The van der Waals surface area contributed by atoms with Crippen LogP contribution in [0.4, 0.5) is 0 Å². The Bertz CT molecular complexity index is 886. The van der Waals surface area contributed by atoms with Crippen molar-refractivity contribution < 1.29 is 22.2 Å². The fraction of sp³-hybridized carbons (Fsp3) is 0.722. The van der Waals surface area contributed by atoms with E-state index in [9.17, 15) is 8.42 Å². The fourth-order valence-electron chi connectivity index (χ4n) is 2.87. The Labute approximate surface area is 159 Å². The molecule has 0 saturated carbocycles. The second kappa shape index (κ2) is 7.01. The second-order valence-electron chi connectivity index (χ2n) is 8.60. The van der Waals surface area contributed by atoms with Crippen LogP contribution < -0.4 is 0 Å². The first kappa shape index (κ1) is 20.0. The zero-order valence-electron chi connectivity index (χ0n) is 16.5. The Morgan fingerprint density at radius 1 is 1.07 bits per heavy atom. The summed E-state index contributed by atoms with van der Waals surface area (Å²) < 4.78 is 40.6. The summed E-state index contributed by atoms with van der Waals surface area (Å²) >= 11 is 0. The number of rotatable bonds is 5. The maximum absolute atomic E-state index is 13.0. The molecular formula is C18H27N3O5S. The van der Waals surface area contributed by atoms with Crippen LogP contribution in [0, 0.1) is 5.92 Å². The van der Waals surface area contributed by atoms with E-state index in [-0.39, 0.29) is 28.8 Å². The monoisotopic (exact) mass is 397 g/mol. The summed E-state index contributed by atoms with van der Waals surface area (Å²) in [5.41, 5.74) is 0.580. The number of hydrogen-bond acceptors (Lipinski definition) is 8. The fourth-order valence-corrected chi connectivity index (χ4v) is 4.59. The minimum atomic E-state index is -3.50. The van der Waals surface area contributed by atoms with Gasteiger partial charge in [-0.05, 0) is 32.6 Å². The SMILES string of the molecule is CC(C)(C)c1cc(-c2noc(C(C)(C)S(=O)(=O)CC3CCOCC3)n2)on1. The summed E-state index contributed by atoms with van der Waals surface area (Å²) in [4.78, 5) is 4.29. The van der Waals surface area contributed by atoms with Crippen LogP contribution in [0.2, 0.25) is 0 Å². The minimum Gasteiger partial charge on any atom is -0.381 e. The lowest BCUT2D eigenvalue weighted by atomic mass is 9.92. The third kappa shape index (κ3) is 4.08. The van der Waals surface area contributed by atoms with Crippen molar-refractivity contribution in [3.63, 3.8) is 0 Å². The maximum atomic E-state index is 13.0. The highest BCUT2D eigenvalue weighted by atomic mass is 32.2. The predicted molar refractivity (Wildman–Crippen MR) is 98.9 cm³/mol.